The maximum absolute atomic E-state index is 11.3. The highest BCUT2D eigenvalue weighted by Crippen LogP contribution is 2.30. The number of nitrogens with two attached hydrogens (primary N) is 2. The van der Waals surface area contributed by atoms with Crippen LogP contribution >= 0.6 is 0 Å². The van der Waals surface area contributed by atoms with Crippen LogP contribution in [-0.2, 0) is 0 Å². The Morgan fingerprint density at radius 3 is 2.37 bits per heavy atom. The number of nitrogen functional groups attached to an aromatic ring is 1. The Kier molecular flexibility index (Phi) is 4.62. The Hall–Kier alpha value is -3.15. The third-order valence-electron chi connectivity index (χ3n) is 5.16. The molecule has 6 heteroatoms. The minimum atomic E-state index is -0.428. The Labute approximate surface area is 158 Å². The van der Waals surface area contributed by atoms with Crippen LogP contribution in [0, 0.1) is 0 Å². The number of rotatable bonds is 4. The van der Waals surface area contributed by atoms with E-state index in [0.29, 0.717) is 11.6 Å². The summed E-state index contributed by atoms with van der Waals surface area (Å²) in [5.41, 5.74) is 14.6. The molecule has 0 radical (unpaired) electrons. The molecule has 1 amide bonds. The van der Waals surface area contributed by atoms with Crippen molar-refractivity contribution < 1.29 is 4.79 Å². The molecule has 1 aliphatic rings. The van der Waals surface area contributed by atoms with Gasteiger partial charge >= 0.3 is 0 Å². The number of hydrogen-bond acceptors (Lipinski definition) is 5. The minimum Gasteiger partial charge on any atom is -0.368 e. The Balaban J connectivity index is 1.72. The first-order chi connectivity index (χ1) is 13.1. The Morgan fingerprint density at radius 1 is 0.963 bits per heavy atom. The van der Waals surface area contributed by atoms with Crippen LogP contribution in [-0.4, -0.2) is 21.9 Å². The van der Waals surface area contributed by atoms with Gasteiger partial charge in [-0.05, 0) is 48.2 Å². The van der Waals surface area contributed by atoms with Crippen molar-refractivity contribution in [1.29, 1.82) is 0 Å². The highest BCUT2D eigenvalue weighted by molar-refractivity contribution is 5.95. The summed E-state index contributed by atoms with van der Waals surface area (Å²) in [6, 6.07) is 13.7. The molecule has 0 aliphatic heterocycles. The fourth-order valence-corrected chi connectivity index (χ4v) is 3.70. The first-order valence-electron chi connectivity index (χ1n) is 9.34. The fraction of sp³-hybridized carbons (Fsp3) is 0.286. The van der Waals surface area contributed by atoms with Gasteiger partial charge < -0.3 is 16.8 Å². The minimum absolute atomic E-state index is 0.277. The summed E-state index contributed by atoms with van der Waals surface area (Å²) in [6.45, 7) is 0. The van der Waals surface area contributed by atoms with Crippen molar-refractivity contribution in [3.63, 3.8) is 0 Å². The number of hydrogen-bond donors (Lipinski definition) is 3. The molecule has 3 aromatic rings. The van der Waals surface area contributed by atoms with Gasteiger partial charge in [0.2, 0.25) is 11.9 Å². The van der Waals surface area contributed by atoms with E-state index >= 15 is 0 Å². The van der Waals surface area contributed by atoms with Crippen molar-refractivity contribution in [2.45, 2.75) is 38.1 Å². The number of nitrogens with one attached hydrogen (secondary N) is 1. The molecule has 0 atom stereocenters. The summed E-state index contributed by atoms with van der Waals surface area (Å²) in [6.07, 6.45) is 6.09. The predicted octanol–water partition coefficient (Wildman–Crippen LogP) is 3.72. The van der Waals surface area contributed by atoms with Crippen LogP contribution in [0.2, 0.25) is 0 Å². The molecular formula is C21H23N5O. The van der Waals surface area contributed by atoms with Crippen LogP contribution in [0.15, 0.2) is 42.5 Å². The quantitative estimate of drug-likeness (QED) is 0.656. The summed E-state index contributed by atoms with van der Waals surface area (Å²) >= 11 is 0. The molecule has 6 nitrogen and oxygen atoms in total. The van der Waals surface area contributed by atoms with Gasteiger partial charge in [0.05, 0.1) is 5.52 Å². The summed E-state index contributed by atoms with van der Waals surface area (Å²) < 4.78 is 0. The van der Waals surface area contributed by atoms with Gasteiger partial charge in [-0.15, -0.1) is 0 Å². The molecule has 1 aliphatic carbocycles. The van der Waals surface area contributed by atoms with Crippen LogP contribution in [0.4, 0.5) is 11.8 Å². The number of aromatic nitrogens is 2. The summed E-state index contributed by atoms with van der Waals surface area (Å²) in [7, 11) is 0. The molecular weight excluding hydrogens is 338 g/mol. The molecule has 138 valence electrons. The number of benzene rings is 2. The molecule has 0 spiro atoms. The number of nitrogens with zero attached hydrogens (tertiary/aromatic N) is 2. The second-order valence-corrected chi connectivity index (χ2v) is 7.08. The van der Waals surface area contributed by atoms with Crippen molar-refractivity contribution in [2.24, 2.45) is 5.73 Å². The van der Waals surface area contributed by atoms with E-state index < -0.39 is 5.91 Å². The molecule has 2 aromatic carbocycles. The van der Waals surface area contributed by atoms with Crippen molar-refractivity contribution in [1.82, 2.24) is 9.97 Å². The normalized spacial score (nSPS) is 15.0. The highest BCUT2D eigenvalue weighted by atomic mass is 16.1. The molecule has 1 saturated carbocycles. The van der Waals surface area contributed by atoms with Crippen molar-refractivity contribution in [3.8, 4) is 11.1 Å². The standard InChI is InChI=1S/C21H23N5O/c22-19(27)14-8-6-13(7-9-14)15-10-11-18-17(12-15)20(26-21(23)25-18)24-16-4-2-1-3-5-16/h6-12,16H,1-5H2,(H2,22,27)(H3,23,24,25,26). The third kappa shape index (κ3) is 3.69. The Morgan fingerprint density at radius 2 is 1.67 bits per heavy atom. The number of carbonyl (C=O) groups is 1. The number of anilines is 2. The smallest absolute Gasteiger partial charge is 0.248 e. The van der Waals surface area contributed by atoms with Crippen molar-refractivity contribution >= 4 is 28.6 Å². The lowest BCUT2D eigenvalue weighted by Gasteiger charge is -2.24. The second-order valence-electron chi connectivity index (χ2n) is 7.08. The van der Waals surface area contributed by atoms with Gasteiger partial charge in [-0.2, -0.15) is 4.98 Å². The van der Waals surface area contributed by atoms with Gasteiger partial charge in [-0.1, -0.05) is 37.5 Å². The topological polar surface area (TPSA) is 107 Å². The molecule has 1 aromatic heterocycles. The summed E-state index contributed by atoms with van der Waals surface area (Å²) in [4.78, 5) is 20.1. The predicted molar refractivity (Wildman–Crippen MR) is 108 cm³/mol. The molecule has 0 saturated heterocycles. The Bertz CT molecular complexity index is 978. The highest BCUT2D eigenvalue weighted by Gasteiger charge is 2.16. The maximum atomic E-state index is 11.3. The number of carbonyl (C=O) groups excluding carboxylic acids is 1. The largest absolute Gasteiger partial charge is 0.368 e. The number of amides is 1. The van der Waals surface area contributed by atoms with Crippen LogP contribution < -0.4 is 16.8 Å². The molecule has 0 bridgehead atoms. The van der Waals surface area contributed by atoms with E-state index in [2.05, 4.69) is 21.4 Å². The lowest BCUT2D eigenvalue weighted by molar-refractivity contribution is 0.100. The first kappa shape index (κ1) is 17.3. The first-order valence-corrected chi connectivity index (χ1v) is 9.34. The van der Waals surface area contributed by atoms with Crippen LogP contribution in [0.25, 0.3) is 22.0 Å². The monoisotopic (exact) mass is 361 g/mol. The molecule has 0 unspecified atom stereocenters. The van der Waals surface area contributed by atoms with E-state index in [0.717, 1.165) is 40.7 Å². The van der Waals surface area contributed by atoms with Crippen LogP contribution in [0.5, 0.6) is 0 Å². The average molecular weight is 361 g/mol. The van der Waals surface area contributed by atoms with E-state index in [-0.39, 0.29) is 5.95 Å². The fourth-order valence-electron chi connectivity index (χ4n) is 3.70. The number of fused-ring (bicyclic) bond motifs is 1. The van der Waals surface area contributed by atoms with E-state index in [1.165, 1.54) is 19.3 Å². The molecule has 5 N–H and O–H groups in total. The maximum Gasteiger partial charge on any atom is 0.248 e. The van der Waals surface area contributed by atoms with Crippen molar-refractivity contribution in [3.05, 3.63) is 48.0 Å². The van der Waals surface area contributed by atoms with Gasteiger partial charge in [-0.25, -0.2) is 4.98 Å². The van der Waals surface area contributed by atoms with Gasteiger partial charge in [-0.3, -0.25) is 4.79 Å². The third-order valence-corrected chi connectivity index (χ3v) is 5.16. The van der Waals surface area contributed by atoms with E-state index in [9.17, 15) is 4.79 Å². The molecule has 1 fully saturated rings. The van der Waals surface area contributed by atoms with E-state index in [4.69, 9.17) is 11.5 Å². The molecule has 4 rings (SSSR count). The summed E-state index contributed by atoms with van der Waals surface area (Å²) in [5.74, 6) is 0.641. The van der Waals surface area contributed by atoms with E-state index in [1.807, 2.05) is 24.3 Å². The molecule has 1 heterocycles. The van der Waals surface area contributed by atoms with Gasteiger partial charge in [0, 0.05) is 17.0 Å². The van der Waals surface area contributed by atoms with E-state index in [1.54, 1.807) is 12.1 Å². The lowest BCUT2D eigenvalue weighted by atomic mass is 9.95. The number of primary amides is 1. The summed E-state index contributed by atoms with van der Waals surface area (Å²) in [5, 5.41) is 4.53. The second kappa shape index (κ2) is 7.23. The average Bonchev–Trinajstić information content (AvgIpc) is 2.68. The van der Waals surface area contributed by atoms with Crippen molar-refractivity contribution in [2.75, 3.05) is 11.1 Å². The zero-order valence-corrected chi connectivity index (χ0v) is 15.1. The van der Waals surface area contributed by atoms with Crippen LogP contribution in [0.1, 0.15) is 42.5 Å². The zero-order chi connectivity index (χ0) is 18.8. The molecule has 27 heavy (non-hydrogen) atoms. The van der Waals surface area contributed by atoms with Gasteiger partial charge in [0.25, 0.3) is 0 Å². The SMILES string of the molecule is NC(=O)c1ccc(-c2ccc3nc(N)nc(NC4CCCCC4)c3c2)cc1. The van der Waals surface area contributed by atoms with Crippen LogP contribution in [0.3, 0.4) is 0 Å². The van der Waals surface area contributed by atoms with Gasteiger partial charge in [0.1, 0.15) is 5.82 Å². The van der Waals surface area contributed by atoms with Gasteiger partial charge in [0.15, 0.2) is 0 Å². The lowest BCUT2D eigenvalue weighted by Crippen LogP contribution is -2.23. The zero-order valence-electron chi connectivity index (χ0n) is 15.1.